The van der Waals surface area contributed by atoms with Gasteiger partial charge >= 0.3 is 0 Å². The molecule has 1 aliphatic carbocycles. The van der Waals surface area contributed by atoms with Gasteiger partial charge in [-0.15, -0.1) is 0 Å². The number of allylic oxidation sites excluding steroid dienone is 3. The van der Waals surface area contributed by atoms with Crippen molar-refractivity contribution in [3.05, 3.63) is 23.9 Å². The third-order valence-corrected chi connectivity index (χ3v) is 3.31. The molecule has 3 rings (SSSR count). The summed E-state index contributed by atoms with van der Waals surface area (Å²) in [6.07, 6.45) is 12.4. The lowest BCUT2D eigenvalue weighted by atomic mass is 10.2. The minimum Gasteiger partial charge on any atom is -0.365 e. The molecule has 1 saturated heterocycles. The standard InChI is InChI=1S/C10H13N/c1-2-8-11-9(3-1)4-5-10(11)6-7-10/h1-3H,4-8H2. The lowest BCUT2D eigenvalue weighted by Crippen LogP contribution is -2.30. The number of hydrogen-bond donors (Lipinski definition) is 0. The van der Waals surface area contributed by atoms with Crippen LogP contribution in [0.1, 0.15) is 25.7 Å². The number of nitrogens with zero attached hydrogens (tertiary/aromatic N) is 1. The van der Waals surface area contributed by atoms with Gasteiger partial charge in [0.25, 0.3) is 0 Å². The van der Waals surface area contributed by atoms with Crippen molar-refractivity contribution in [2.24, 2.45) is 0 Å². The fourth-order valence-corrected chi connectivity index (χ4v) is 2.43. The molecule has 0 aromatic carbocycles. The Hall–Kier alpha value is -0.720. The van der Waals surface area contributed by atoms with Gasteiger partial charge in [-0.1, -0.05) is 12.2 Å². The molecule has 2 heterocycles. The molecule has 1 spiro atoms. The molecule has 0 bridgehead atoms. The summed E-state index contributed by atoms with van der Waals surface area (Å²) in [7, 11) is 0. The van der Waals surface area contributed by atoms with Crippen LogP contribution in [-0.2, 0) is 0 Å². The molecular weight excluding hydrogens is 134 g/mol. The lowest BCUT2D eigenvalue weighted by molar-refractivity contribution is 0.299. The molecule has 0 atom stereocenters. The molecule has 0 aromatic heterocycles. The van der Waals surface area contributed by atoms with Crippen LogP contribution in [0.2, 0.25) is 0 Å². The first kappa shape index (κ1) is 5.87. The minimum atomic E-state index is 0.649. The van der Waals surface area contributed by atoms with E-state index in [1.54, 1.807) is 5.70 Å². The van der Waals surface area contributed by atoms with Crippen LogP contribution in [0.4, 0.5) is 0 Å². The third kappa shape index (κ3) is 0.661. The zero-order chi connectivity index (χ0) is 7.31. The van der Waals surface area contributed by atoms with Gasteiger partial charge in [0.1, 0.15) is 0 Å². The van der Waals surface area contributed by atoms with E-state index in [4.69, 9.17) is 0 Å². The molecule has 3 aliphatic rings. The average Bonchev–Trinajstić information content (AvgIpc) is 2.72. The van der Waals surface area contributed by atoms with E-state index in [1.165, 1.54) is 32.2 Å². The normalized spacial score (nSPS) is 30.5. The van der Waals surface area contributed by atoms with Crippen LogP contribution < -0.4 is 0 Å². The molecule has 2 aliphatic heterocycles. The van der Waals surface area contributed by atoms with Crippen LogP contribution in [0.5, 0.6) is 0 Å². The predicted octanol–water partition coefficient (Wildman–Crippen LogP) is 2.07. The number of rotatable bonds is 0. The van der Waals surface area contributed by atoms with Crippen molar-refractivity contribution in [1.82, 2.24) is 4.90 Å². The summed E-state index contributed by atoms with van der Waals surface area (Å²) < 4.78 is 0. The Kier molecular flexibility index (Phi) is 0.913. The summed E-state index contributed by atoms with van der Waals surface area (Å²) in [5.41, 5.74) is 2.24. The van der Waals surface area contributed by atoms with Crippen molar-refractivity contribution >= 4 is 0 Å². The van der Waals surface area contributed by atoms with Crippen molar-refractivity contribution < 1.29 is 0 Å². The van der Waals surface area contributed by atoms with E-state index in [-0.39, 0.29) is 0 Å². The van der Waals surface area contributed by atoms with E-state index in [2.05, 4.69) is 23.1 Å². The molecule has 2 fully saturated rings. The molecule has 0 radical (unpaired) electrons. The predicted molar refractivity (Wildman–Crippen MR) is 45.1 cm³/mol. The van der Waals surface area contributed by atoms with Crippen LogP contribution >= 0.6 is 0 Å². The van der Waals surface area contributed by atoms with Gasteiger partial charge in [0.15, 0.2) is 0 Å². The second-order valence-corrected chi connectivity index (χ2v) is 3.92. The van der Waals surface area contributed by atoms with Gasteiger partial charge in [-0.3, -0.25) is 0 Å². The van der Waals surface area contributed by atoms with E-state index in [0.717, 1.165) is 0 Å². The highest BCUT2D eigenvalue weighted by atomic mass is 15.3. The van der Waals surface area contributed by atoms with Gasteiger partial charge in [-0.2, -0.15) is 0 Å². The van der Waals surface area contributed by atoms with Gasteiger partial charge in [0.2, 0.25) is 0 Å². The highest BCUT2D eigenvalue weighted by molar-refractivity contribution is 5.28. The van der Waals surface area contributed by atoms with E-state index < -0.39 is 0 Å². The molecular formula is C10H13N. The first-order valence-electron chi connectivity index (χ1n) is 4.54. The largest absolute Gasteiger partial charge is 0.365 e. The molecule has 1 saturated carbocycles. The van der Waals surface area contributed by atoms with Crippen molar-refractivity contribution in [2.75, 3.05) is 6.54 Å². The van der Waals surface area contributed by atoms with Gasteiger partial charge in [-0.05, 0) is 31.8 Å². The topological polar surface area (TPSA) is 3.24 Å². The van der Waals surface area contributed by atoms with Crippen LogP contribution in [0.3, 0.4) is 0 Å². The van der Waals surface area contributed by atoms with Gasteiger partial charge in [-0.25, -0.2) is 0 Å². The van der Waals surface area contributed by atoms with Gasteiger partial charge in [0.05, 0.1) is 0 Å². The molecule has 58 valence electrons. The van der Waals surface area contributed by atoms with Gasteiger partial charge in [0, 0.05) is 17.8 Å². The summed E-state index contributed by atoms with van der Waals surface area (Å²) in [5, 5.41) is 0. The SMILES string of the molecule is C1=CCN2C(=C1)CCC21CC1. The highest BCUT2D eigenvalue weighted by Gasteiger charge is 2.51. The fraction of sp³-hybridized carbons (Fsp3) is 0.600. The monoisotopic (exact) mass is 147 g/mol. The van der Waals surface area contributed by atoms with Crippen molar-refractivity contribution in [3.63, 3.8) is 0 Å². The Labute approximate surface area is 67.4 Å². The molecule has 1 heteroatoms. The van der Waals surface area contributed by atoms with Crippen LogP contribution in [0.15, 0.2) is 23.9 Å². The molecule has 0 amide bonds. The maximum absolute atomic E-state index is 2.62. The quantitative estimate of drug-likeness (QED) is 0.507. The summed E-state index contributed by atoms with van der Waals surface area (Å²) in [6, 6.07) is 0. The van der Waals surface area contributed by atoms with E-state index in [1.807, 2.05) is 0 Å². The summed E-state index contributed by atoms with van der Waals surface area (Å²) in [6.45, 7) is 1.17. The van der Waals surface area contributed by atoms with Crippen molar-refractivity contribution in [2.45, 2.75) is 31.2 Å². The highest BCUT2D eigenvalue weighted by Crippen LogP contribution is 2.53. The summed E-state index contributed by atoms with van der Waals surface area (Å²) in [4.78, 5) is 2.62. The third-order valence-electron chi connectivity index (χ3n) is 3.31. The first-order valence-corrected chi connectivity index (χ1v) is 4.54. The minimum absolute atomic E-state index is 0.649. The Morgan fingerprint density at radius 2 is 2.18 bits per heavy atom. The van der Waals surface area contributed by atoms with E-state index in [9.17, 15) is 0 Å². The Morgan fingerprint density at radius 1 is 1.27 bits per heavy atom. The smallest absolute Gasteiger partial charge is 0.0408 e. The van der Waals surface area contributed by atoms with E-state index >= 15 is 0 Å². The van der Waals surface area contributed by atoms with Crippen LogP contribution in [-0.4, -0.2) is 17.0 Å². The van der Waals surface area contributed by atoms with Crippen molar-refractivity contribution in [1.29, 1.82) is 0 Å². The molecule has 0 unspecified atom stereocenters. The molecule has 0 N–H and O–H groups in total. The Balaban J connectivity index is 1.98. The zero-order valence-corrected chi connectivity index (χ0v) is 6.71. The van der Waals surface area contributed by atoms with Crippen LogP contribution in [0, 0.1) is 0 Å². The first-order chi connectivity index (χ1) is 5.41. The Bertz CT molecular complexity index is 246. The molecule has 11 heavy (non-hydrogen) atoms. The summed E-state index contributed by atoms with van der Waals surface area (Å²) in [5.74, 6) is 0. The molecule has 0 aromatic rings. The second kappa shape index (κ2) is 1.71. The Morgan fingerprint density at radius 3 is 3.00 bits per heavy atom. The average molecular weight is 147 g/mol. The molecule has 1 nitrogen and oxygen atoms in total. The summed E-state index contributed by atoms with van der Waals surface area (Å²) >= 11 is 0. The lowest BCUT2D eigenvalue weighted by Gasteiger charge is -2.28. The maximum Gasteiger partial charge on any atom is 0.0408 e. The van der Waals surface area contributed by atoms with Crippen LogP contribution in [0.25, 0.3) is 0 Å². The van der Waals surface area contributed by atoms with E-state index in [0.29, 0.717) is 5.54 Å². The maximum atomic E-state index is 2.62. The van der Waals surface area contributed by atoms with Crippen molar-refractivity contribution in [3.8, 4) is 0 Å². The number of fused-ring (bicyclic) bond motifs is 2. The fourth-order valence-electron chi connectivity index (χ4n) is 2.43. The second-order valence-electron chi connectivity index (χ2n) is 3.92. The zero-order valence-electron chi connectivity index (χ0n) is 6.71. The van der Waals surface area contributed by atoms with Gasteiger partial charge < -0.3 is 4.90 Å². The number of hydrogen-bond acceptors (Lipinski definition) is 1.